The maximum atomic E-state index is 11.7. The zero-order chi connectivity index (χ0) is 13.1. The van der Waals surface area contributed by atoms with E-state index in [0.717, 1.165) is 12.8 Å². The standard InChI is InChI=1S/C12H16N2O3S/c1-2-7-6-8(7)13-12(17)14-10(11(15)16)9-4-3-5-18-9/h3-5,7-8,10H,2,6H2,1H3,(H,15,16)(H2,13,14,17). The highest BCUT2D eigenvalue weighted by molar-refractivity contribution is 7.10. The van der Waals surface area contributed by atoms with Gasteiger partial charge in [0, 0.05) is 10.9 Å². The summed E-state index contributed by atoms with van der Waals surface area (Å²) in [5, 5.41) is 16.2. The minimum absolute atomic E-state index is 0.202. The number of amides is 2. The predicted molar refractivity (Wildman–Crippen MR) is 68.5 cm³/mol. The molecule has 2 rings (SSSR count). The first-order valence-electron chi connectivity index (χ1n) is 5.95. The van der Waals surface area contributed by atoms with E-state index in [4.69, 9.17) is 5.11 Å². The SMILES string of the molecule is CCC1CC1NC(=O)NC(C(=O)O)c1cccs1. The second kappa shape index (κ2) is 5.39. The van der Waals surface area contributed by atoms with Gasteiger partial charge in [0.25, 0.3) is 0 Å². The Balaban J connectivity index is 1.89. The largest absolute Gasteiger partial charge is 0.479 e. The molecule has 18 heavy (non-hydrogen) atoms. The van der Waals surface area contributed by atoms with Crippen LogP contribution in [-0.4, -0.2) is 23.1 Å². The molecule has 3 unspecified atom stereocenters. The van der Waals surface area contributed by atoms with E-state index in [1.54, 1.807) is 17.5 Å². The maximum Gasteiger partial charge on any atom is 0.331 e. The van der Waals surface area contributed by atoms with Crippen molar-refractivity contribution < 1.29 is 14.7 Å². The molecular weight excluding hydrogens is 252 g/mol. The molecule has 3 atom stereocenters. The van der Waals surface area contributed by atoms with Gasteiger partial charge >= 0.3 is 12.0 Å². The molecule has 3 N–H and O–H groups in total. The van der Waals surface area contributed by atoms with Gasteiger partial charge in [-0.3, -0.25) is 0 Å². The van der Waals surface area contributed by atoms with Crippen LogP contribution < -0.4 is 10.6 Å². The zero-order valence-electron chi connectivity index (χ0n) is 10.1. The van der Waals surface area contributed by atoms with Gasteiger partial charge in [-0.2, -0.15) is 0 Å². The molecule has 1 aromatic heterocycles. The summed E-state index contributed by atoms with van der Waals surface area (Å²) in [5.74, 6) is -0.504. The molecule has 0 spiro atoms. The Kier molecular flexibility index (Phi) is 3.86. The zero-order valence-corrected chi connectivity index (χ0v) is 10.9. The van der Waals surface area contributed by atoms with Crippen LogP contribution in [0.2, 0.25) is 0 Å². The van der Waals surface area contributed by atoms with Crippen molar-refractivity contribution in [3.8, 4) is 0 Å². The quantitative estimate of drug-likeness (QED) is 0.764. The number of carbonyl (C=O) groups is 2. The predicted octanol–water partition coefficient (Wildman–Crippen LogP) is 1.97. The topological polar surface area (TPSA) is 78.4 Å². The van der Waals surface area contributed by atoms with Gasteiger partial charge in [0.2, 0.25) is 0 Å². The summed E-state index contributed by atoms with van der Waals surface area (Å²) in [6.45, 7) is 2.08. The highest BCUT2D eigenvalue weighted by atomic mass is 32.1. The number of urea groups is 1. The maximum absolute atomic E-state index is 11.7. The number of nitrogens with one attached hydrogen (secondary N) is 2. The average Bonchev–Trinajstić information content (AvgIpc) is 2.86. The van der Waals surface area contributed by atoms with E-state index in [1.165, 1.54) is 11.3 Å². The van der Waals surface area contributed by atoms with E-state index < -0.39 is 18.0 Å². The number of carboxylic acids is 1. The van der Waals surface area contributed by atoms with Gasteiger partial charge in [-0.1, -0.05) is 19.4 Å². The Labute approximate surface area is 109 Å². The lowest BCUT2D eigenvalue weighted by Crippen LogP contribution is -2.41. The van der Waals surface area contributed by atoms with Crippen LogP contribution in [0.25, 0.3) is 0 Å². The van der Waals surface area contributed by atoms with Crippen molar-refractivity contribution in [3.63, 3.8) is 0 Å². The van der Waals surface area contributed by atoms with Crippen molar-refractivity contribution in [2.75, 3.05) is 0 Å². The minimum atomic E-state index is -1.05. The van der Waals surface area contributed by atoms with Crippen LogP contribution >= 0.6 is 11.3 Å². The summed E-state index contributed by atoms with van der Waals surface area (Å²) in [6.07, 6.45) is 2.03. The van der Waals surface area contributed by atoms with Crippen LogP contribution in [0.4, 0.5) is 4.79 Å². The third kappa shape index (κ3) is 3.01. The molecule has 0 radical (unpaired) electrons. The summed E-state index contributed by atoms with van der Waals surface area (Å²) in [7, 11) is 0. The van der Waals surface area contributed by atoms with Gasteiger partial charge in [-0.05, 0) is 23.8 Å². The highest BCUT2D eigenvalue weighted by Gasteiger charge is 2.37. The molecule has 1 heterocycles. The Bertz CT molecular complexity index is 433. The Hall–Kier alpha value is -1.56. The van der Waals surface area contributed by atoms with E-state index >= 15 is 0 Å². The molecule has 0 saturated heterocycles. The third-order valence-corrected chi connectivity index (χ3v) is 4.05. The lowest BCUT2D eigenvalue weighted by molar-refractivity contribution is -0.139. The lowest BCUT2D eigenvalue weighted by Gasteiger charge is -2.13. The number of carbonyl (C=O) groups excluding carboxylic acids is 1. The molecule has 0 aromatic carbocycles. The van der Waals surface area contributed by atoms with Gasteiger partial charge in [0.15, 0.2) is 6.04 Å². The summed E-state index contributed by atoms with van der Waals surface area (Å²) in [6, 6.07) is 2.30. The summed E-state index contributed by atoms with van der Waals surface area (Å²) in [5.41, 5.74) is 0. The molecular formula is C12H16N2O3S. The molecule has 5 nitrogen and oxygen atoms in total. The van der Waals surface area contributed by atoms with Gasteiger partial charge in [-0.15, -0.1) is 11.3 Å². The second-order valence-electron chi connectivity index (χ2n) is 4.41. The van der Waals surface area contributed by atoms with Gasteiger partial charge in [0.1, 0.15) is 0 Å². The van der Waals surface area contributed by atoms with Crippen molar-refractivity contribution in [2.45, 2.75) is 31.8 Å². The fourth-order valence-corrected chi connectivity index (χ4v) is 2.69. The highest BCUT2D eigenvalue weighted by Crippen LogP contribution is 2.33. The monoisotopic (exact) mass is 268 g/mol. The van der Waals surface area contributed by atoms with Crippen LogP contribution in [0.5, 0.6) is 0 Å². The van der Waals surface area contributed by atoms with Crippen molar-refractivity contribution in [1.82, 2.24) is 10.6 Å². The first-order chi connectivity index (χ1) is 8.61. The molecule has 1 aromatic rings. The number of hydrogen-bond donors (Lipinski definition) is 3. The molecule has 0 aliphatic heterocycles. The van der Waals surface area contributed by atoms with Crippen molar-refractivity contribution in [2.24, 2.45) is 5.92 Å². The van der Waals surface area contributed by atoms with E-state index in [1.807, 2.05) is 0 Å². The van der Waals surface area contributed by atoms with Gasteiger partial charge in [-0.25, -0.2) is 9.59 Å². The smallest absolute Gasteiger partial charge is 0.331 e. The van der Waals surface area contributed by atoms with Crippen molar-refractivity contribution in [1.29, 1.82) is 0 Å². The Morgan fingerprint density at radius 2 is 2.39 bits per heavy atom. The molecule has 1 aliphatic rings. The van der Waals surface area contributed by atoms with Crippen molar-refractivity contribution in [3.05, 3.63) is 22.4 Å². The van der Waals surface area contributed by atoms with E-state index in [9.17, 15) is 9.59 Å². The minimum Gasteiger partial charge on any atom is -0.479 e. The average molecular weight is 268 g/mol. The summed E-state index contributed by atoms with van der Waals surface area (Å²) >= 11 is 1.32. The van der Waals surface area contributed by atoms with Crippen LogP contribution in [0.15, 0.2) is 17.5 Å². The van der Waals surface area contributed by atoms with Gasteiger partial charge in [0.05, 0.1) is 0 Å². The van der Waals surface area contributed by atoms with Crippen LogP contribution in [0.3, 0.4) is 0 Å². The molecule has 1 fully saturated rings. The summed E-state index contributed by atoms with van der Waals surface area (Å²) in [4.78, 5) is 23.4. The Morgan fingerprint density at radius 1 is 1.61 bits per heavy atom. The van der Waals surface area contributed by atoms with Crippen LogP contribution in [-0.2, 0) is 4.79 Å². The Morgan fingerprint density at radius 3 is 2.89 bits per heavy atom. The number of hydrogen-bond acceptors (Lipinski definition) is 3. The van der Waals surface area contributed by atoms with E-state index in [-0.39, 0.29) is 6.04 Å². The van der Waals surface area contributed by atoms with Crippen LogP contribution in [0, 0.1) is 5.92 Å². The lowest BCUT2D eigenvalue weighted by atomic mass is 10.2. The molecule has 2 amide bonds. The third-order valence-electron chi connectivity index (χ3n) is 3.11. The molecule has 1 saturated carbocycles. The molecule has 0 bridgehead atoms. The number of aliphatic carboxylic acids is 1. The van der Waals surface area contributed by atoms with E-state index in [2.05, 4.69) is 17.6 Å². The molecule has 98 valence electrons. The van der Waals surface area contributed by atoms with E-state index in [0.29, 0.717) is 10.8 Å². The normalized spacial score (nSPS) is 23.2. The number of rotatable bonds is 5. The number of thiophene rings is 1. The first kappa shape index (κ1) is 12.9. The first-order valence-corrected chi connectivity index (χ1v) is 6.83. The van der Waals surface area contributed by atoms with Crippen molar-refractivity contribution >= 4 is 23.3 Å². The molecule has 1 aliphatic carbocycles. The number of carboxylic acid groups (broad SMARTS) is 1. The second-order valence-corrected chi connectivity index (χ2v) is 5.39. The summed E-state index contributed by atoms with van der Waals surface area (Å²) < 4.78 is 0. The fourth-order valence-electron chi connectivity index (χ4n) is 1.93. The fraction of sp³-hybridized carbons (Fsp3) is 0.500. The molecule has 6 heteroatoms. The van der Waals surface area contributed by atoms with Crippen LogP contribution in [0.1, 0.15) is 30.7 Å². The van der Waals surface area contributed by atoms with Gasteiger partial charge < -0.3 is 15.7 Å².